The normalized spacial score (nSPS) is 10.5. The Kier molecular flexibility index (Phi) is 6.81. The molecule has 0 aliphatic carbocycles. The lowest BCUT2D eigenvalue weighted by molar-refractivity contribution is -0.121. The minimum absolute atomic E-state index is 0.108. The molecule has 0 atom stereocenters. The third kappa shape index (κ3) is 5.69. The van der Waals surface area contributed by atoms with Crippen LogP contribution in [-0.2, 0) is 17.9 Å². The van der Waals surface area contributed by atoms with Gasteiger partial charge in [0.05, 0.1) is 6.54 Å². The van der Waals surface area contributed by atoms with Crippen LogP contribution in [0.1, 0.15) is 17.5 Å². The summed E-state index contributed by atoms with van der Waals surface area (Å²) in [5.41, 5.74) is 1.74. The highest BCUT2D eigenvalue weighted by Gasteiger charge is 2.09. The molecular weight excluding hydrogens is 376 g/mol. The van der Waals surface area contributed by atoms with Crippen LogP contribution in [0.5, 0.6) is 0 Å². The highest BCUT2D eigenvalue weighted by atomic mass is 35.5. The average molecular weight is 397 g/mol. The molecule has 28 heavy (non-hydrogen) atoms. The Hall–Kier alpha value is -3.12. The van der Waals surface area contributed by atoms with E-state index >= 15 is 0 Å². The van der Waals surface area contributed by atoms with Crippen LogP contribution in [0, 0.1) is 0 Å². The summed E-state index contributed by atoms with van der Waals surface area (Å²) in [4.78, 5) is 28.6. The Morgan fingerprint density at radius 3 is 2.32 bits per heavy atom. The third-order valence-corrected chi connectivity index (χ3v) is 4.30. The molecule has 0 aliphatic rings. The molecule has 0 saturated carbocycles. The van der Waals surface area contributed by atoms with Gasteiger partial charge in [-0.25, -0.2) is 4.98 Å². The number of nitrogens with one attached hydrogen (secondary N) is 2. The van der Waals surface area contributed by atoms with Crippen molar-refractivity contribution in [3.63, 3.8) is 0 Å². The average Bonchev–Trinajstić information content (AvgIpc) is 2.71. The molecule has 0 unspecified atom stereocenters. The number of halogens is 1. The molecule has 0 radical (unpaired) electrons. The van der Waals surface area contributed by atoms with Gasteiger partial charge >= 0.3 is 0 Å². The van der Waals surface area contributed by atoms with E-state index in [1.807, 2.05) is 60.7 Å². The fraction of sp³-hybridized carbons (Fsp3) is 0.190. The monoisotopic (exact) mass is 396 g/mol. The molecule has 3 aromatic rings. The van der Waals surface area contributed by atoms with Gasteiger partial charge < -0.3 is 15.2 Å². The molecule has 1 amide bonds. The Morgan fingerprint density at radius 2 is 1.64 bits per heavy atom. The second-order valence-electron chi connectivity index (χ2n) is 6.27. The molecule has 1 heterocycles. The molecule has 7 heteroatoms. The molecule has 6 nitrogen and oxygen atoms in total. The molecule has 0 spiro atoms. The zero-order valence-corrected chi connectivity index (χ0v) is 16.0. The predicted octanol–water partition coefficient (Wildman–Crippen LogP) is 3.06. The lowest BCUT2D eigenvalue weighted by Gasteiger charge is -2.10. The molecule has 3 rings (SSSR count). The van der Waals surface area contributed by atoms with Gasteiger partial charge in [0.1, 0.15) is 5.15 Å². The van der Waals surface area contributed by atoms with E-state index in [9.17, 15) is 9.59 Å². The molecule has 2 aromatic carbocycles. The number of amides is 1. The minimum Gasteiger partial charge on any atom is -0.365 e. The highest BCUT2D eigenvalue weighted by Crippen LogP contribution is 2.08. The summed E-state index contributed by atoms with van der Waals surface area (Å²) >= 11 is 6.06. The fourth-order valence-corrected chi connectivity index (χ4v) is 2.90. The molecule has 144 valence electrons. The van der Waals surface area contributed by atoms with Crippen LogP contribution in [-0.4, -0.2) is 22.0 Å². The van der Waals surface area contributed by atoms with Gasteiger partial charge in [0.15, 0.2) is 5.82 Å². The molecule has 0 saturated heterocycles. The van der Waals surface area contributed by atoms with E-state index in [1.54, 1.807) is 0 Å². The van der Waals surface area contributed by atoms with Crippen LogP contribution < -0.4 is 16.2 Å². The first-order valence-electron chi connectivity index (χ1n) is 8.97. The third-order valence-electron chi connectivity index (χ3n) is 4.12. The van der Waals surface area contributed by atoms with E-state index < -0.39 is 0 Å². The number of carbonyl (C=O) groups excluding carboxylic acids is 1. The van der Waals surface area contributed by atoms with Crippen LogP contribution in [0.3, 0.4) is 0 Å². The molecular formula is C21H21ClN4O2. The van der Waals surface area contributed by atoms with Gasteiger partial charge in [0.2, 0.25) is 5.91 Å². The second kappa shape index (κ2) is 9.71. The Morgan fingerprint density at radius 1 is 1.00 bits per heavy atom. The van der Waals surface area contributed by atoms with Gasteiger partial charge in [-0.1, -0.05) is 72.3 Å². The Bertz CT molecular complexity index is 975. The largest absolute Gasteiger partial charge is 0.365 e. The van der Waals surface area contributed by atoms with Crippen molar-refractivity contribution in [2.75, 3.05) is 11.9 Å². The number of nitrogens with zero attached hydrogens (tertiary/aromatic N) is 2. The van der Waals surface area contributed by atoms with Gasteiger partial charge in [-0.15, -0.1) is 0 Å². The first-order chi connectivity index (χ1) is 13.6. The maximum atomic E-state index is 12.6. The van der Waals surface area contributed by atoms with Gasteiger partial charge in [0.25, 0.3) is 5.56 Å². The number of benzene rings is 2. The van der Waals surface area contributed by atoms with E-state index in [1.165, 1.54) is 10.8 Å². The van der Waals surface area contributed by atoms with Crippen molar-refractivity contribution < 1.29 is 4.79 Å². The number of rotatable bonds is 8. The van der Waals surface area contributed by atoms with Crippen molar-refractivity contribution in [1.82, 2.24) is 14.9 Å². The van der Waals surface area contributed by atoms with Gasteiger partial charge in [0, 0.05) is 25.7 Å². The topological polar surface area (TPSA) is 76.0 Å². The number of hydrogen-bond donors (Lipinski definition) is 2. The Labute approximate surface area is 168 Å². The number of carbonyl (C=O) groups is 1. The first kappa shape index (κ1) is 19.6. The van der Waals surface area contributed by atoms with Crippen molar-refractivity contribution in [2.24, 2.45) is 0 Å². The van der Waals surface area contributed by atoms with E-state index in [4.69, 9.17) is 11.6 Å². The standard InChI is InChI=1S/C21H21ClN4O2/c22-18-15-26(14-17-9-5-2-6-10-17)21(28)20(25-18)23-12-11-19(27)24-13-16-7-3-1-4-8-16/h1-10,15H,11-14H2,(H,23,25)(H,24,27). The van der Waals surface area contributed by atoms with E-state index in [0.29, 0.717) is 13.1 Å². The molecule has 0 fully saturated rings. The van der Waals surface area contributed by atoms with Crippen LogP contribution >= 0.6 is 11.6 Å². The van der Waals surface area contributed by atoms with Crippen LogP contribution in [0.25, 0.3) is 0 Å². The zero-order valence-electron chi connectivity index (χ0n) is 15.3. The van der Waals surface area contributed by atoms with Crippen molar-refractivity contribution in [3.8, 4) is 0 Å². The zero-order chi connectivity index (χ0) is 19.8. The minimum atomic E-state index is -0.280. The summed E-state index contributed by atoms with van der Waals surface area (Å²) in [6.07, 6.45) is 1.73. The molecule has 0 aliphatic heterocycles. The molecule has 2 N–H and O–H groups in total. The van der Waals surface area contributed by atoms with Crippen LogP contribution in [0.15, 0.2) is 71.7 Å². The summed E-state index contributed by atoms with van der Waals surface area (Å²) in [6.45, 7) is 1.15. The fourth-order valence-electron chi connectivity index (χ4n) is 2.70. The van der Waals surface area contributed by atoms with Crippen LogP contribution in [0.4, 0.5) is 5.82 Å². The summed E-state index contributed by atoms with van der Waals surface area (Å²) in [6, 6.07) is 19.3. The number of hydrogen-bond acceptors (Lipinski definition) is 4. The second-order valence-corrected chi connectivity index (χ2v) is 6.66. The van der Waals surface area contributed by atoms with Crippen molar-refractivity contribution in [3.05, 3.63) is 93.5 Å². The van der Waals surface area contributed by atoms with Gasteiger partial charge in [-0.3, -0.25) is 9.59 Å². The van der Waals surface area contributed by atoms with E-state index in [0.717, 1.165) is 11.1 Å². The van der Waals surface area contributed by atoms with Crippen LogP contribution in [0.2, 0.25) is 5.15 Å². The lowest BCUT2D eigenvalue weighted by atomic mass is 10.2. The quantitative estimate of drug-likeness (QED) is 0.613. The Balaban J connectivity index is 1.55. The first-order valence-corrected chi connectivity index (χ1v) is 9.35. The van der Waals surface area contributed by atoms with Crippen molar-refractivity contribution in [1.29, 1.82) is 0 Å². The number of aromatic nitrogens is 2. The molecule has 1 aromatic heterocycles. The van der Waals surface area contributed by atoms with Gasteiger partial charge in [-0.05, 0) is 11.1 Å². The maximum Gasteiger partial charge on any atom is 0.293 e. The van der Waals surface area contributed by atoms with E-state index in [-0.39, 0.29) is 35.4 Å². The van der Waals surface area contributed by atoms with Gasteiger partial charge in [-0.2, -0.15) is 0 Å². The van der Waals surface area contributed by atoms with Crippen molar-refractivity contribution >= 4 is 23.3 Å². The SMILES string of the molecule is O=C(CCNc1nc(Cl)cn(Cc2ccccc2)c1=O)NCc1ccccc1. The maximum absolute atomic E-state index is 12.6. The summed E-state index contributed by atoms with van der Waals surface area (Å²) < 4.78 is 1.50. The lowest BCUT2D eigenvalue weighted by Crippen LogP contribution is -2.28. The van der Waals surface area contributed by atoms with Crippen molar-refractivity contribution in [2.45, 2.75) is 19.5 Å². The van der Waals surface area contributed by atoms with E-state index in [2.05, 4.69) is 15.6 Å². The molecule has 0 bridgehead atoms. The summed E-state index contributed by atoms with van der Waals surface area (Å²) in [7, 11) is 0. The number of anilines is 1. The summed E-state index contributed by atoms with van der Waals surface area (Å²) in [5.74, 6) is 0.0299. The highest BCUT2D eigenvalue weighted by molar-refractivity contribution is 6.29. The smallest absolute Gasteiger partial charge is 0.293 e. The predicted molar refractivity (Wildman–Crippen MR) is 110 cm³/mol. The summed E-state index contributed by atoms with van der Waals surface area (Å²) in [5, 5.41) is 5.98.